The number of Topliss-reactive ketones (excluding diaryl/α,β-unsaturated/α-hetero) is 1. The molecule has 0 aromatic heterocycles. The van der Waals surface area contributed by atoms with Gasteiger partial charge in [-0.05, 0) is 6.07 Å². The van der Waals surface area contributed by atoms with E-state index >= 15 is 0 Å². The van der Waals surface area contributed by atoms with Gasteiger partial charge in [0.25, 0.3) is 0 Å². The maximum Gasteiger partial charge on any atom is 0.165 e. The van der Waals surface area contributed by atoms with Gasteiger partial charge in [0.1, 0.15) is 0 Å². The lowest BCUT2D eigenvalue weighted by Crippen LogP contribution is -2.08. The van der Waals surface area contributed by atoms with Crippen molar-refractivity contribution in [2.45, 2.75) is 12.5 Å². The van der Waals surface area contributed by atoms with Crippen LogP contribution in [0.1, 0.15) is 28.4 Å². The summed E-state index contributed by atoms with van der Waals surface area (Å²) in [5, 5.41) is 0. The van der Waals surface area contributed by atoms with Crippen molar-refractivity contribution in [1.29, 1.82) is 0 Å². The van der Waals surface area contributed by atoms with Crippen LogP contribution in [-0.4, -0.2) is 5.78 Å². The van der Waals surface area contributed by atoms with Crippen molar-refractivity contribution < 1.29 is 4.79 Å². The first kappa shape index (κ1) is 7.31. The Morgan fingerprint density at radius 2 is 2.17 bits per heavy atom. The molecule has 62 valence electrons. The number of hydrogen-bond donors (Lipinski definition) is 2. The Labute approximate surface area is 70.4 Å². The van der Waals surface area contributed by atoms with Gasteiger partial charge < -0.3 is 11.5 Å². The van der Waals surface area contributed by atoms with Crippen molar-refractivity contribution in [1.82, 2.24) is 0 Å². The third kappa shape index (κ3) is 0.833. The molecule has 1 unspecified atom stereocenters. The van der Waals surface area contributed by atoms with E-state index in [1.807, 2.05) is 0 Å². The minimum Gasteiger partial charge on any atom is -0.398 e. The molecule has 0 bridgehead atoms. The Kier molecular flexibility index (Phi) is 1.41. The van der Waals surface area contributed by atoms with Crippen molar-refractivity contribution in [3.8, 4) is 0 Å². The van der Waals surface area contributed by atoms with Crippen molar-refractivity contribution >= 4 is 11.5 Å². The number of hydrogen-bond acceptors (Lipinski definition) is 3. The van der Waals surface area contributed by atoms with Crippen LogP contribution in [0.3, 0.4) is 0 Å². The Morgan fingerprint density at radius 1 is 1.42 bits per heavy atom. The van der Waals surface area contributed by atoms with E-state index in [1.165, 1.54) is 0 Å². The lowest BCUT2D eigenvalue weighted by atomic mass is 10.1. The zero-order valence-electron chi connectivity index (χ0n) is 6.58. The van der Waals surface area contributed by atoms with Crippen LogP contribution in [0.4, 0.5) is 5.69 Å². The number of rotatable bonds is 0. The molecule has 3 heteroatoms. The molecule has 2 rings (SSSR count). The molecule has 0 amide bonds. The smallest absolute Gasteiger partial charge is 0.165 e. The average molecular weight is 162 g/mol. The van der Waals surface area contributed by atoms with Crippen molar-refractivity contribution in [3.63, 3.8) is 0 Å². The predicted octanol–water partition coefficient (Wildman–Crippen LogP) is 0.855. The molecule has 0 fully saturated rings. The largest absolute Gasteiger partial charge is 0.398 e. The second kappa shape index (κ2) is 2.32. The number of ketones is 1. The van der Waals surface area contributed by atoms with E-state index in [0.29, 0.717) is 17.7 Å². The maximum absolute atomic E-state index is 11.3. The molecule has 1 aliphatic rings. The zero-order chi connectivity index (χ0) is 8.72. The van der Waals surface area contributed by atoms with Gasteiger partial charge in [0.05, 0.1) is 0 Å². The van der Waals surface area contributed by atoms with Crippen LogP contribution in [0.15, 0.2) is 18.2 Å². The standard InChI is InChI=1S/C9H10N2O/c10-6-3-1-2-5-8(12)4-7(11)9(5)6/h1-3,7H,4,10-11H2. The van der Waals surface area contributed by atoms with Gasteiger partial charge in [-0.15, -0.1) is 0 Å². The molecule has 0 aliphatic heterocycles. The van der Waals surface area contributed by atoms with Gasteiger partial charge in [0.2, 0.25) is 0 Å². The second-order valence-corrected chi connectivity index (χ2v) is 3.04. The summed E-state index contributed by atoms with van der Waals surface area (Å²) in [6, 6.07) is 5.14. The van der Waals surface area contributed by atoms with Crippen LogP contribution in [0.2, 0.25) is 0 Å². The molecule has 1 atom stereocenters. The molecule has 0 saturated heterocycles. The van der Waals surface area contributed by atoms with Crippen molar-refractivity contribution in [2.75, 3.05) is 5.73 Å². The van der Waals surface area contributed by atoms with E-state index < -0.39 is 0 Å². The highest BCUT2D eigenvalue weighted by Gasteiger charge is 2.27. The summed E-state index contributed by atoms with van der Waals surface area (Å²) < 4.78 is 0. The SMILES string of the molecule is Nc1cccc2c1C(N)CC2=O. The van der Waals surface area contributed by atoms with Crippen molar-refractivity contribution in [3.05, 3.63) is 29.3 Å². The number of fused-ring (bicyclic) bond motifs is 1. The monoisotopic (exact) mass is 162 g/mol. The van der Waals surface area contributed by atoms with Gasteiger partial charge >= 0.3 is 0 Å². The van der Waals surface area contributed by atoms with Gasteiger partial charge in [-0.1, -0.05) is 12.1 Å². The fraction of sp³-hybridized carbons (Fsp3) is 0.222. The molecule has 1 aliphatic carbocycles. The number of nitrogens with two attached hydrogens (primary N) is 2. The number of anilines is 1. The predicted molar refractivity (Wildman–Crippen MR) is 46.7 cm³/mol. The minimum absolute atomic E-state index is 0.102. The highest BCUT2D eigenvalue weighted by molar-refractivity contribution is 6.02. The fourth-order valence-corrected chi connectivity index (χ4v) is 1.65. The molecule has 1 aromatic rings. The number of carbonyl (C=O) groups excluding carboxylic acids is 1. The first-order chi connectivity index (χ1) is 5.70. The van der Waals surface area contributed by atoms with E-state index in [4.69, 9.17) is 11.5 Å². The molecule has 0 saturated carbocycles. The van der Waals surface area contributed by atoms with Crippen LogP contribution in [0.5, 0.6) is 0 Å². The summed E-state index contributed by atoms with van der Waals surface area (Å²) in [6.45, 7) is 0. The van der Waals surface area contributed by atoms with Crippen LogP contribution >= 0.6 is 0 Å². The Bertz CT molecular complexity index is 346. The first-order valence-electron chi connectivity index (χ1n) is 3.87. The molecule has 3 nitrogen and oxygen atoms in total. The molecule has 0 radical (unpaired) electrons. The van der Waals surface area contributed by atoms with Crippen LogP contribution in [0, 0.1) is 0 Å². The molecule has 12 heavy (non-hydrogen) atoms. The van der Waals surface area contributed by atoms with Gasteiger partial charge in [-0.2, -0.15) is 0 Å². The lowest BCUT2D eigenvalue weighted by Gasteiger charge is -2.05. The Balaban J connectivity index is 2.67. The molecular formula is C9H10N2O. The summed E-state index contributed by atoms with van der Waals surface area (Å²) in [7, 11) is 0. The van der Waals surface area contributed by atoms with E-state index in [2.05, 4.69) is 0 Å². The Hall–Kier alpha value is -1.35. The highest BCUT2D eigenvalue weighted by atomic mass is 16.1. The molecule has 0 heterocycles. The van der Waals surface area contributed by atoms with Crippen LogP contribution in [0.25, 0.3) is 0 Å². The third-order valence-corrected chi connectivity index (χ3v) is 2.22. The average Bonchev–Trinajstić information content (AvgIpc) is 2.29. The van der Waals surface area contributed by atoms with Gasteiger partial charge in [-0.3, -0.25) is 4.79 Å². The highest BCUT2D eigenvalue weighted by Crippen LogP contribution is 2.33. The normalized spacial score (nSPS) is 21.1. The lowest BCUT2D eigenvalue weighted by molar-refractivity contribution is 0.0989. The topological polar surface area (TPSA) is 69.1 Å². The number of carbonyl (C=O) groups is 1. The summed E-state index contributed by atoms with van der Waals surface area (Å²) in [5.41, 5.74) is 13.6. The van der Waals surface area contributed by atoms with E-state index in [9.17, 15) is 4.79 Å². The number of nitrogen functional groups attached to an aromatic ring is 1. The van der Waals surface area contributed by atoms with Gasteiger partial charge in [0.15, 0.2) is 5.78 Å². The maximum atomic E-state index is 11.3. The quantitative estimate of drug-likeness (QED) is 0.556. The van der Waals surface area contributed by atoms with Crippen LogP contribution in [-0.2, 0) is 0 Å². The minimum atomic E-state index is -0.200. The third-order valence-electron chi connectivity index (χ3n) is 2.22. The second-order valence-electron chi connectivity index (χ2n) is 3.04. The van der Waals surface area contributed by atoms with Crippen LogP contribution < -0.4 is 11.5 Å². The molecular weight excluding hydrogens is 152 g/mol. The zero-order valence-corrected chi connectivity index (χ0v) is 6.58. The molecule has 1 aromatic carbocycles. The summed E-state index contributed by atoms with van der Waals surface area (Å²) in [5.74, 6) is 0.102. The fourth-order valence-electron chi connectivity index (χ4n) is 1.65. The van der Waals surface area contributed by atoms with Gasteiger partial charge in [0, 0.05) is 29.3 Å². The first-order valence-corrected chi connectivity index (χ1v) is 3.87. The number of benzene rings is 1. The van der Waals surface area contributed by atoms with E-state index in [-0.39, 0.29) is 11.8 Å². The molecule has 0 spiro atoms. The van der Waals surface area contributed by atoms with E-state index in [1.54, 1.807) is 18.2 Å². The Morgan fingerprint density at radius 3 is 2.83 bits per heavy atom. The van der Waals surface area contributed by atoms with Gasteiger partial charge in [-0.25, -0.2) is 0 Å². The summed E-state index contributed by atoms with van der Waals surface area (Å²) in [4.78, 5) is 11.3. The van der Waals surface area contributed by atoms with Crippen molar-refractivity contribution in [2.24, 2.45) is 5.73 Å². The van der Waals surface area contributed by atoms with E-state index in [0.717, 1.165) is 5.56 Å². The summed E-state index contributed by atoms with van der Waals surface area (Å²) in [6.07, 6.45) is 0.392. The summed E-state index contributed by atoms with van der Waals surface area (Å²) >= 11 is 0. The molecule has 4 N–H and O–H groups in total.